The van der Waals surface area contributed by atoms with E-state index in [0.29, 0.717) is 17.0 Å². The fraction of sp³-hybridized carbons (Fsp3) is 0.714. The van der Waals surface area contributed by atoms with Gasteiger partial charge in [0.25, 0.3) is 0 Å². The normalized spacial score (nSPS) is 12.9. The predicted octanol–water partition coefficient (Wildman–Crippen LogP) is 2.79. The molecule has 0 bridgehead atoms. The Hall–Kier alpha value is -0.350. The van der Waals surface area contributed by atoms with E-state index in [4.69, 9.17) is 11.6 Å². The lowest BCUT2D eigenvalue weighted by molar-refractivity contribution is 0.688. The van der Waals surface area contributed by atoms with Crippen molar-refractivity contribution < 1.29 is 0 Å². The third-order valence-corrected chi connectivity index (χ3v) is 2.45. The van der Waals surface area contributed by atoms with Gasteiger partial charge in [-0.1, -0.05) is 24.9 Å². The molecule has 12 heavy (non-hydrogen) atoms. The molecule has 0 fully saturated rings. The molecular weight excluding hydrogens is 194 g/mol. The summed E-state index contributed by atoms with van der Waals surface area (Å²) in [4.78, 5) is 0. The summed E-state index contributed by atoms with van der Waals surface area (Å²) in [6, 6.07) is 0.413. The highest BCUT2D eigenvalue weighted by molar-refractivity contribution is 6.99. The molecule has 1 aromatic rings. The van der Waals surface area contributed by atoms with Crippen LogP contribution in [0.1, 0.15) is 26.7 Å². The van der Waals surface area contributed by atoms with E-state index in [9.17, 15) is 0 Å². The first-order valence-corrected chi connectivity index (χ1v) is 5.09. The molecule has 0 radical (unpaired) electrons. The van der Waals surface area contributed by atoms with Crippen LogP contribution in [0.25, 0.3) is 0 Å². The van der Waals surface area contributed by atoms with Crippen molar-refractivity contribution in [2.45, 2.75) is 32.7 Å². The maximum Gasteiger partial charge on any atom is 0.186 e. The van der Waals surface area contributed by atoms with Crippen molar-refractivity contribution in [3.63, 3.8) is 0 Å². The summed E-state index contributed by atoms with van der Waals surface area (Å²) in [5.74, 6) is 0.711. The number of rotatable bonds is 4. The fourth-order valence-corrected chi connectivity index (χ4v) is 1.66. The van der Waals surface area contributed by atoms with Crippen molar-refractivity contribution in [2.75, 3.05) is 5.32 Å². The minimum Gasteiger partial charge on any atom is -0.364 e. The zero-order chi connectivity index (χ0) is 8.97. The van der Waals surface area contributed by atoms with Crippen LogP contribution in [0.4, 0.5) is 5.82 Å². The minimum absolute atomic E-state index is 0.413. The first kappa shape index (κ1) is 9.74. The van der Waals surface area contributed by atoms with E-state index in [0.717, 1.165) is 24.6 Å². The van der Waals surface area contributed by atoms with E-state index >= 15 is 0 Å². The second-order valence-electron chi connectivity index (χ2n) is 2.74. The van der Waals surface area contributed by atoms with Crippen LogP contribution in [0, 0.1) is 0 Å². The van der Waals surface area contributed by atoms with Crippen molar-refractivity contribution in [3.05, 3.63) is 5.15 Å². The largest absolute Gasteiger partial charge is 0.364 e. The average molecular weight is 206 g/mol. The van der Waals surface area contributed by atoms with Gasteiger partial charge in [0.05, 0.1) is 11.7 Å². The fourth-order valence-electron chi connectivity index (χ4n) is 1.00. The highest BCUT2D eigenvalue weighted by Gasteiger charge is 2.07. The lowest BCUT2D eigenvalue weighted by Crippen LogP contribution is -2.14. The molecule has 0 aliphatic rings. The Kier molecular flexibility index (Phi) is 3.75. The second kappa shape index (κ2) is 4.62. The molecule has 1 aromatic heterocycles. The molecule has 0 aliphatic carbocycles. The Bertz CT molecular complexity index is 238. The summed E-state index contributed by atoms with van der Waals surface area (Å²) >= 11 is 6.89. The van der Waals surface area contributed by atoms with E-state index in [-0.39, 0.29) is 0 Å². The van der Waals surface area contributed by atoms with Crippen molar-refractivity contribution in [3.8, 4) is 0 Å². The molecule has 0 amide bonds. The van der Waals surface area contributed by atoms with Gasteiger partial charge in [-0.25, -0.2) is 0 Å². The molecule has 1 rings (SSSR count). The Morgan fingerprint density at radius 2 is 2.33 bits per heavy atom. The molecule has 1 heterocycles. The van der Waals surface area contributed by atoms with Gasteiger partial charge in [-0.3, -0.25) is 0 Å². The molecule has 1 N–H and O–H groups in total. The summed E-state index contributed by atoms with van der Waals surface area (Å²) in [5, 5.41) is 3.67. The second-order valence-corrected chi connectivity index (χ2v) is 3.62. The Morgan fingerprint density at radius 1 is 1.58 bits per heavy atom. The van der Waals surface area contributed by atoms with E-state index in [1.807, 2.05) is 0 Å². The third-order valence-electron chi connectivity index (χ3n) is 1.55. The average Bonchev–Trinajstić information content (AvgIpc) is 2.37. The highest BCUT2D eigenvalue weighted by atomic mass is 35.5. The lowest BCUT2D eigenvalue weighted by Gasteiger charge is -2.10. The number of nitrogens with one attached hydrogen (secondary N) is 1. The zero-order valence-corrected chi connectivity index (χ0v) is 8.74. The van der Waals surface area contributed by atoms with Gasteiger partial charge in [-0.2, -0.15) is 8.75 Å². The molecule has 0 saturated carbocycles. The van der Waals surface area contributed by atoms with Gasteiger partial charge >= 0.3 is 0 Å². The standard InChI is InChI=1S/C7H12ClN3S/c1-3-4-5(2)9-7-6(8)10-12-11-7/h5H,3-4H2,1-2H3,(H,9,11)/t5-/m0/s1. The SMILES string of the molecule is CCC[C@H](C)Nc1nsnc1Cl. The van der Waals surface area contributed by atoms with Crippen molar-refractivity contribution >= 4 is 29.1 Å². The molecule has 3 nitrogen and oxygen atoms in total. The van der Waals surface area contributed by atoms with E-state index in [1.54, 1.807) is 0 Å². The topological polar surface area (TPSA) is 37.8 Å². The predicted molar refractivity (Wildman–Crippen MR) is 52.9 cm³/mol. The van der Waals surface area contributed by atoms with E-state index in [2.05, 4.69) is 27.9 Å². The number of halogens is 1. The van der Waals surface area contributed by atoms with E-state index in [1.165, 1.54) is 0 Å². The molecule has 0 aliphatic heterocycles. The van der Waals surface area contributed by atoms with Gasteiger partial charge in [0.15, 0.2) is 11.0 Å². The Balaban J connectivity index is 2.46. The van der Waals surface area contributed by atoms with Crippen LogP contribution in [0.15, 0.2) is 0 Å². The van der Waals surface area contributed by atoms with Crippen molar-refractivity contribution in [2.24, 2.45) is 0 Å². The number of nitrogens with zero attached hydrogens (tertiary/aromatic N) is 2. The summed E-state index contributed by atoms with van der Waals surface area (Å²) in [5.41, 5.74) is 0. The summed E-state index contributed by atoms with van der Waals surface area (Å²) < 4.78 is 7.89. The van der Waals surface area contributed by atoms with E-state index < -0.39 is 0 Å². The first-order chi connectivity index (χ1) is 5.74. The van der Waals surface area contributed by atoms with Crippen LogP contribution in [-0.2, 0) is 0 Å². The number of hydrogen-bond acceptors (Lipinski definition) is 4. The number of aromatic nitrogens is 2. The van der Waals surface area contributed by atoms with Gasteiger partial charge < -0.3 is 5.32 Å². The monoisotopic (exact) mass is 205 g/mol. The van der Waals surface area contributed by atoms with Crippen LogP contribution >= 0.6 is 23.3 Å². The van der Waals surface area contributed by atoms with Crippen LogP contribution in [-0.4, -0.2) is 14.8 Å². The number of anilines is 1. The van der Waals surface area contributed by atoms with Gasteiger partial charge in [0.1, 0.15) is 0 Å². The summed E-state index contributed by atoms with van der Waals surface area (Å²) in [7, 11) is 0. The highest BCUT2D eigenvalue weighted by Crippen LogP contribution is 2.19. The zero-order valence-electron chi connectivity index (χ0n) is 7.17. The lowest BCUT2D eigenvalue weighted by atomic mass is 10.2. The van der Waals surface area contributed by atoms with Crippen LogP contribution in [0.3, 0.4) is 0 Å². The van der Waals surface area contributed by atoms with Crippen molar-refractivity contribution in [1.82, 2.24) is 8.75 Å². The first-order valence-electron chi connectivity index (χ1n) is 3.98. The van der Waals surface area contributed by atoms with Gasteiger partial charge in [-0.15, -0.1) is 0 Å². The molecule has 1 atom stereocenters. The molecule has 0 aromatic carbocycles. The van der Waals surface area contributed by atoms with Gasteiger partial charge in [0.2, 0.25) is 0 Å². The molecule has 5 heteroatoms. The van der Waals surface area contributed by atoms with Crippen LogP contribution < -0.4 is 5.32 Å². The number of hydrogen-bond donors (Lipinski definition) is 1. The summed E-state index contributed by atoms with van der Waals surface area (Å²) in [6.45, 7) is 4.26. The molecule has 68 valence electrons. The molecule has 0 saturated heterocycles. The maximum atomic E-state index is 5.76. The molecule has 0 spiro atoms. The smallest absolute Gasteiger partial charge is 0.186 e. The maximum absolute atomic E-state index is 5.76. The van der Waals surface area contributed by atoms with Crippen LogP contribution in [0.2, 0.25) is 5.15 Å². The van der Waals surface area contributed by atoms with Gasteiger partial charge in [-0.05, 0) is 13.3 Å². The minimum atomic E-state index is 0.413. The molecule has 0 unspecified atom stereocenters. The Morgan fingerprint density at radius 3 is 2.83 bits per heavy atom. The van der Waals surface area contributed by atoms with Crippen LogP contribution in [0.5, 0.6) is 0 Å². The quantitative estimate of drug-likeness (QED) is 0.822. The summed E-state index contributed by atoms with van der Waals surface area (Å²) in [6.07, 6.45) is 2.28. The van der Waals surface area contributed by atoms with Crippen molar-refractivity contribution in [1.29, 1.82) is 0 Å². The van der Waals surface area contributed by atoms with Gasteiger partial charge in [0, 0.05) is 6.04 Å². The third kappa shape index (κ3) is 2.60. The molecular formula is C7H12ClN3S. The Labute approximate surface area is 81.5 Å².